The second-order valence-electron chi connectivity index (χ2n) is 8.02. The Hall–Kier alpha value is -2.28. The molecule has 2 bridgehead atoms. The quantitative estimate of drug-likeness (QED) is 0.824. The lowest BCUT2D eigenvalue weighted by Crippen LogP contribution is -2.36. The van der Waals surface area contributed by atoms with Crippen LogP contribution < -0.4 is 10.2 Å². The summed E-state index contributed by atoms with van der Waals surface area (Å²) in [5.41, 5.74) is 2.71. The molecular formula is C20H25N3O4. The number of fused-ring (bicyclic) bond motifs is 6. The SMILES string of the molecule is COC(=O)N1CCCc2cc(NC(=O)N3C[C@@H]4[C@H](C3)[C@H]3CC[C@@H]4O3)ccc21. The van der Waals surface area contributed by atoms with Crippen LogP contribution in [0.15, 0.2) is 18.2 Å². The molecule has 1 N–H and O–H groups in total. The highest BCUT2D eigenvalue weighted by atomic mass is 16.5. The summed E-state index contributed by atoms with van der Waals surface area (Å²) < 4.78 is 10.9. The van der Waals surface area contributed by atoms with E-state index in [2.05, 4.69) is 5.32 Å². The molecule has 0 aromatic heterocycles. The van der Waals surface area contributed by atoms with Gasteiger partial charge in [-0.3, -0.25) is 4.90 Å². The Kier molecular flexibility index (Phi) is 4.00. The van der Waals surface area contributed by atoms with Crippen molar-refractivity contribution in [3.63, 3.8) is 0 Å². The second-order valence-corrected chi connectivity index (χ2v) is 8.02. The van der Waals surface area contributed by atoms with Gasteiger partial charge < -0.3 is 19.7 Å². The molecule has 3 fully saturated rings. The van der Waals surface area contributed by atoms with Crippen LogP contribution in [-0.2, 0) is 15.9 Å². The summed E-state index contributed by atoms with van der Waals surface area (Å²) in [6.07, 6.45) is 4.43. The van der Waals surface area contributed by atoms with E-state index in [9.17, 15) is 9.59 Å². The Balaban J connectivity index is 1.28. The molecule has 0 unspecified atom stereocenters. The molecule has 1 aromatic rings. The van der Waals surface area contributed by atoms with Crippen molar-refractivity contribution in [3.8, 4) is 0 Å². The minimum absolute atomic E-state index is 0.0376. The van der Waals surface area contributed by atoms with Gasteiger partial charge in [-0.1, -0.05) is 0 Å². The zero-order valence-electron chi connectivity index (χ0n) is 15.5. The first-order valence-electron chi connectivity index (χ1n) is 9.84. The van der Waals surface area contributed by atoms with Crippen LogP contribution in [-0.4, -0.2) is 56.0 Å². The largest absolute Gasteiger partial charge is 0.452 e. The summed E-state index contributed by atoms with van der Waals surface area (Å²) in [5.74, 6) is 1.01. The zero-order valence-corrected chi connectivity index (χ0v) is 15.5. The number of ether oxygens (including phenoxy) is 2. The summed E-state index contributed by atoms with van der Waals surface area (Å²) in [5, 5.41) is 3.04. The number of carbonyl (C=O) groups is 2. The minimum atomic E-state index is -0.340. The molecular weight excluding hydrogens is 346 g/mol. The Morgan fingerprint density at radius 2 is 1.93 bits per heavy atom. The highest BCUT2D eigenvalue weighted by Gasteiger charge is 2.53. The highest BCUT2D eigenvalue weighted by molar-refractivity contribution is 5.92. The molecule has 7 nitrogen and oxygen atoms in total. The molecule has 4 heterocycles. The van der Waals surface area contributed by atoms with Crippen molar-refractivity contribution >= 4 is 23.5 Å². The normalized spacial score (nSPS) is 30.9. The van der Waals surface area contributed by atoms with Crippen molar-refractivity contribution in [2.24, 2.45) is 11.8 Å². The highest BCUT2D eigenvalue weighted by Crippen LogP contribution is 2.47. The topological polar surface area (TPSA) is 71.1 Å². The van der Waals surface area contributed by atoms with Crippen molar-refractivity contribution in [1.82, 2.24) is 4.90 Å². The number of hydrogen-bond donors (Lipinski definition) is 1. The van der Waals surface area contributed by atoms with Gasteiger partial charge in [-0.15, -0.1) is 0 Å². The third-order valence-corrected chi connectivity index (χ3v) is 6.58. The molecule has 4 aliphatic heterocycles. The van der Waals surface area contributed by atoms with Gasteiger partial charge in [0.05, 0.1) is 25.0 Å². The second kappa shape index (κ2) is 6.41. The van der Waals surface area contributed by atoms with E-state index in [1.165, 1.54) is 7.11 Å². The summed E-state index contributed by atoms with van der Waals surface area (Å²) >= 11 is 0. The fourth-order valence-electron chi connectivity index (χ4n) is 5.30. The first-order chi connectivity index (χ1) is 13.1. The number of carbonyl (C=O) groups excluding carboxylic acids is 2. The summed E-state index contributed by atoms with van der Waals surface area (Å²) in [4.78, 5) is 28.3. The van der Waals surface area contributed by atoms with Gasteiger partial charge in [-0.25, -0.2) is 9.59 Å². The molecule has 3 saturated heterocycles. The van der Waals surface area contributed by atoms with Gasteiger partial charge in [-0.2, -0.15) is 0 Å². The van der Waals surface area contributed by atoms with Crippen LogP contribution in [0.3, 0.4) is 0 Å². The molecule has 1 aromatic carbocycles. The van der Waals surface area contributed by atoms with E-state index in [1.807, 2.05) is 23.1 Å². The van der Waals surface area contributed by atoms with Gasteiger partial charge in [0.1, 0.15) is 0 Å². The molecule has 5 rings (SSSR count). The standard InChI is InChI=1S/C20H25N3O4/c1-26-20(25)23-8-2-3-12-9-13(4-5-16(12)23)21-19(24)22-10-14-15(11-22)18-7-6-17(14)27-18/h4-5,9,14-15,17-18H,2-3,6-8,10-11H2,1H3,(H,21,24)/t14-,15+,17+,18-. The first kappa shape index (κ1) is 16.9. The molecule has 0 radical (unpaired) electrons. The number of nitrogens with zero attached hydrogens (tertiary/aromatic N) is 2. The predicted octanol–water partition coefficient (Wildman–Crippen LogP) is 2.85. The number of rotatable bonds is 1. The zero-order chi connectivity index (χ0) is 18.5. The van der Waals surface area contributed by atoms with Crippen molar-refractivity contribution < 1.29 is 19.1 Å². The van der Waals surface area contributed by atoms with Crippen LogP contribution in [0, 0.1) is 11.8 Å². The van der Waals surface area contributed by atoms with E-state index >= 15 is 0 Å². The van der Waals surface area contributed by atoms with E-state index < -0.39 is 0 Å². The molecule has 3 amide bonds. The van der Waals surface area contributed by atoms with Crippen LogP contribution in [0.4, 0.5) is 21.0 Å². The van der Waals surface area contributed by atoms with Crippen LogP contribution in [0.25, 0.3) is 0 Å². The number of methoxy groups -OCH3 is 1. The number of aryl methyl sites for hydroxylation is 1. The van der Waals surface area contributed by atoms with Crippen molar-refractivity contribution in [2.45, 2.75) is 37.9 Å². The van der Waals surface area contributed by atoms with E-state index in [1.54, 1.807) is 4.90 Å². The number of hydrogen-bond acceptors (Lipinski definition) is 4. The van der Waals surface area contributed by atoms with Crippen LogP contribution >= 0.6 is 0 Å². The summed E-state index contributed by atoms with van der Waals surface area (Å²) in [6.45, 7) is 2.24. The van der Waals surface area contributed by atoms with Crippen LogP contribution in [0.1, 0.15) is 24.8 Å². The number of likely N-dealkylation sites (tertiary alicyclic amines) is 1. The van der Waals surface area contributed by atoms with Gasteiger partial charge in [0.25, 0.3) is 0 Å². The van der Waals surface area contributed by atoms with Crippen LogP contribution in [0.2, 0.25) is 0 Å². The molecule has 4 atom stereocenters. The molecule has 144 valence electrons. The third kappa shape index (κ3) is 2.76. The Morgan fingerprint density at radius 1 is 1.19 bits per heavy atom. The first-order valence-corrected chi connectivity index (χ1v) is 9.84. The Labute approximate surface area is 158 Å². The van der Waals surface area contributed by atoms with Gasteiger partial charge in [-0.05, 0) is 49.4 Å². The predicted molar refractivity (Wildman–Crippen MR) is 100.0 cm³/mol. The lowest BCUT2D eigenvalue weighted by molar-refractivity contribution is 0.0747. The lowest BCUT2D eigenvalue weighted by Gasteiger charge is -2.28. The molecule has 0 aliphatic carbocycles. The number of anilines is 2. The number of nitrogens with one attached hydrogen (secondary N) is 1. The number of urea groups is 1. The number of benzene rings is 1. The van der Waals surface area contributed by atoms with Crippen LogP contribution in [0.5, 0.6) is 0 Å². The van der Waals surface area contributed by atoms with Gasteiger partial charge in [0.15, 0.2) is 0 Å². The van der Waals surface area contributed by atoms with E-state index in [0.717, 1.165) is 55.7 Å². The maximum Gasteiger partial charge on any atom is 0.414 e. The maximum absolute atomic E-state index is 12.8. The van der Waals surface area contributed by atoms with E-state index in [0.29, 0.717) is 30.6 Å². The lowest BCUT2D eigenvalue weighted by atomic mass is 9.82. The Morgan fingerprint density at radius 3 is 2.63 bits per heavy atom. The summed E-state index contributed by atoms with van der Waals surface area (Å²) in [6, 6.07) is 5.70. The monoisotopic (exact) mass is 371 g/mol. The molecule has 0 spiro atoms. The Bertz CT molecular complexity index is 764. The molecule has 4 aliphatic rings. The van der Waals surface area contributed by atoms with Crippen molar-refractivity contribution in [1.29, 1.82) is 0 Å². The fourth-order valence-corrected chi connectivity index (χ4v) is 5.30. The average Bonchev–Trinajstić information content (AvgIpc) is 3.39. The minimum Gasteiger partial charge on any atom is -0.452 e. The van der Waals surface area contributed by atoms with Crippen molar-refractivity contribution in [2.75, 3.05) is 37.0 Å². The smallest absolute Gasteiger partial charge is 0.414 e. The third-order valence-electron chi connectivity index (χ3n) is 6.58. The van der Waals surface area contributed by atoms with Gasteiger partial charge >= 0.3 is 12.1 Å². The average molecular weight is 371 g/mol. The molecule has 0 saturated carbocycles. The molecule has 27 heavy (non-hydrogen) atoms. The maximum atomic E-state index is 12.8. The van der Waals surface area contributed by atoms with E-state index in [4.69, 9.17) is 9.47 Å². The van der Waals surface area contributed by atoms with Crippen molar-refractivity contribution in [3.05, 3.63) is 23.8 Å². The fraction of sp³-hybridized carbons (Fsp3) is 0.600. The summed E-state index contributed by atoms with van der Waals surface area (Å²) in [7, 11) is 1.40. The molecule has 7 heteroatoms. The number of amides is 3. The van der Waals surface area contributed by atoms with Gasteiger partial charge in [0.2, 0.25) is 0 Å². The van der Waals surface area contributed by atoms with Gasteiger partial charge in [0, 0.05) is 37.2 Å². The van der Waals surface area contributed by atoms with E-state index in [-0.39, 0.29) is 12.1 Å².